The van der Waals surface area contributed by atoms with Crippen molar-refractivity contribution in [3.05, 3.63) is 64.7 Å². The fourth-order valence-electron chi connectivity index (χ4n) is 2.24. The van der Waals surface area contributed by atoms with Crippen LogP contribution >= 0.6 is 11.6 Å². The topological polar surface area (TPSA) is 12.5 Å². The predicted octanol–water partition coefficient (Wildman–Crippen LogP) is 3.67. The highest BCUT2D eigenvalue weighted by Gasteiger charge is 2.31. The Kier molecular flexibility index (Phi) is 2.54. The van der Waals surface area contributed by atoms with E-state index >= 15 is 0 Å². The van der Waals surface area contributed by atoms with Crippen LogP contribution in [0.1, 0.15) is 17.2 Å². The zero-order chi connectivity index (χ0) is 11.8. The quantitative estimate of drug-likeness (QED) is 0.760. The third-order valence-corrected chi connectivity index (χ3v) is 3.22. The summed E-state index contributed by atoms with van der Waals surface area (Å²) in [5.74, 6) is 0.880. The van der Waals surface area contributed by atoms with E-state index in [1.165, 1.54) is 5.56 Å². The van der Waals surface area contributed by atoms with Crippen LogP contribution in [0, 0.1) is 0 Å². The minimum Gasteiger partial charge on any atom is -0.405 e. The van der Waals surface area contributed by atoms with E-state index in [2.05, 4.69) is 12.1 Å². The highest BCUT2D eigenvalue weighted by Crippen LogP contribution is 2.41. The summed E-state index contributed by atoms with van der Waals surface area (Å²) in [6.07, 6.45) is 0. The van der Waals surface area contributed by atoms with Crippen molar-refractivity contribution in [1.29, 1.82) is 0 Å². The molecule has 3 rings (SSSR count). The summed E-state index contributed by atoms with van der Waals surface area (Å²) in [4.78, 5) is 5.70. The summed E-state index contributed by atoms with van der Waals surface area (Å²) in [7, 11) is 1.94. The van der Waals surface area contributed by atoms with Gasteiger partial charge in [-0.3, -0.25) is 0 Å². The average molecular weight is 246 g/mol. The van der Waals surface area contributed by atoms with Gasteiger partial charge in [-0.15, -0.1) is 5.06 Å². The van der Waals surface area contributed by atoms with Crippen LogP contribution < -0.4 is 4.84 Å². The average Bonchev–Trinajstić information content (AvgIpc) is 2.65. The Bertz CT molecular complexity index is 541. The van der Waals surface area contributed by atoms with Gasteiger partial charge in [0.25, 0.3) is 0 Å². The molecule has 1 unspecified atom stereocenters. The van der Waals surface area contributed by atoms with Crippen LogP contribution in [-0.4, -0.2) is 12.1 Å². The number of halogens is 1. The Balaban J connectivity index is 2.11. The fourth-order valence-corrected chi connectivity index (χ4v) is 2.43. The maximum atomic E-state index is 6.05. The van der Waals surface area contributed by atoms with Crippen LogP contribution in [0.3, 0.4) is 0 Å². The number of fused-ring (bicyclic) bond motifs is 1. The Morgan fingerprint density at radius 1 is 1.12 bits per heavy atom. The van der Waals surface area contributed by atoms with Crippen molar-refractivity contribution in [2.75, 3.05) is 7.05 Å². The molecule has 0 fully saturated rings. The molecule has 2 aromatic carbocycles. The van der Waals surface area contributed by atoms with Crippen molar-refractivity contribution in [3.63, 3.8) is 0 Å². The molecule has 0 amide bonds. The second kappa shape index (κ2) is 4.06. The van der Waals surface area contributed by atoms with Gasteiger partial charge in [-0.25, -0.2) is 0 Å². The van der Waals surface area contributed by atoms with E-state index in [1.807, 2.05) is 48.5 Å². The van der Waals surface area contributed by atoms with Gasteiger partial charge in [-0.05, 0) is 23.8 Å². The lowest BCUT2D eigenvalue weighted by Gasteiger charge is -2.18. The molecule has 0 spiro atoms. The minimum atomic E-state index is 0.116. The van der Waals surface area contributed by atoms with Crippen LogP contribution in [0.2, 0.25) is 5.02 Å². The van der Waals surface area contributed by atoms with Crippen molar-refractivity contribution in [1.82, 2.24) is 5.06 Å². The van der Waals surface area contributed by atoms with E-state index in [4.69, 9.17) is 16.4 Å². The van der Waals surface area contributed by atoms with E-state index in [0.717, 1.165) is 16.3 Å². The van der Waals surface area contributed by atoms with E-state index < -0.39 is 0 Å². The second-order valence-electron chi connectivity index (χ2n) is 4.13. The Morgan fingerprint density at radius 2 is 1.88 bits per heavy atom. The van der Waals surface area contributed by atoms with Gasteiger partial charge in [0.2, 0.25) is 0 Å². The second-order valence-corrected chi connectivity index (χ2v) is 4.57. The molecule has 0 N–H and O–H groups in total. The molecule has 0 aromatic heterocycles. The van der Waals surface area contributed by atoms with Crippen molar-refractivity contribution < 1.29 is 4.84 Å². The Labute approximate surface area is 105 Å². The monoisotopic (exact) mass is 245 g/mol. The molecule has 2 aromatic rings. The van der Waals surface area contributed by atoms with Crippen molar-refractivity contribution in [2.45, 2.75) is 6.04 Å². The molecule has 2 nitrogen and oxygen atoms in total. The molecule has 1 heterocycles. The van der Waals surface area contributed by atoms with Gasteiger partial charge in [0.1, 0.15) is 0 Å². The van der Waals surface area contributed by atoms with Gasteiger partial charge in [0.05, 0.1) is 6.04 Å². The number of nitrogens with zero attached hydrogens (tertiary/aromatic N) is 1. The van der Waals surface area contributed by atoms with Crippen LogP contribution in [0.15, 0.2) is 48.5 Å². The van der Waals surface area contributed by atoms with Gasteiger partial charge in [-0.1, -0.05) is 41.9 Å². The SMILES string of the molecule is CN1Oc2ccc(Cl)cc2C1c1ccccc1. The Morgan fingerprint density at radius 3 is 2.65 bits per heavy atom. The summed E-state index contributed by atoms with van der Waals surface area (Å²) in [5, 5.41) is 2.60. The molecule has 1 atom stereocenters. The number of hydroxylamine groups is 2. The minimum absolute atomic E-state index is 0.116. The molecular weight excluding hydrogens is 234 g/mol. The molecule has 17 heavy (non-hydrogen) atoms. The van der Waals surface area contributed by atoms with Crippen LogP contribution in [0.5, 0.6) is 5.75 Å². The third kappa shape index (κ3) is 1.79. The van der Waals surface area contributed by atoms with Gasteiger partial charge >= 0.3 is 0 Å². The summed E-state index contributed by atoms with van der Waals surface area (Å²) in [5.41, 5.74) is 2.32. The normalized spacial score (nSPS) is 18.8. The van der Waals surface area contributed by atoms with Crippen LogP contribution in [0.25, 0.3) is 0 Å². The Hall–Kier alpha value is -1.51. The molecular formula is C14H12ClNO. The lowest BCUT2D eigenvalue weighted by Crippen LogP contribution is -2.21. The molecule has 1 aliphatic heterocycles. The molecule has 0 aliphatic carbocycles. The first-order valence-electron chi connectivity index (χ1n) is 5.51. The zero-order valence-electron chi connectivity index (χ0n) is 9.43. The molecule has 0 radical (unpaired) electrons. The number of hydrogen-bond acceptors (Lipinski definition) is 2. The molecule has 0 bridgehead atoms. The fraction of sp³-hybridized carbons (Fsp3) is 0.143. The number of benzene rings is 2. The maximum absolute atomic E-state index is 6.05. The van der Waals surface area contributed by atoms with Crippen molar-refractivity contribution in [3.8, 4) is 5.75 Å². The largest absolute Gasteiger partial charge is 0.405 e. The molecule has 3 heteroatoms. The summed E-state index contributed by atoms with van der Waals surface area (Å²) in [6, 6.07) is 16.1. The summed E-state index contributed by atoms with van der Waals surface area (Å²) < 4.78 is 0. The number of hydrogen-bond donors (Lipinski definition) is 0. The third-order valence-electron chi connectivity index (χ3n) is 2.99. The van der Waals surface area contributed by atoms with Crippen LogP contribution in [-0.2, 0) is 0 Å². The predicted molar refractivity (Wildman–Crippen MR) is 68.1 cm³/mol. The van der Waals surface area contributed by atoms with Gasteiger partial charge < -0.3 is 4.84 Å². The van der Waals surface area contributed by atoms with Crippen LogP contribution in [0.4, 0.5) is 0 Å². The van der Waals surface area contributed by atoms with Crippen molar-refractivity contribution >= 4 is 11.6 Å². The maximum Gasteiger partial charge on any atom is 0.152 e. The van der Waals surface area contributed by atoms with Crippen molar-refractivity contribution in [2.24, 2.45) is 0 Å². The summed E-state index contributed by atoms with van der Waals surface area (Å²) >= 11 is 6.05. The number of rotatable bonds is 1. The standard InChI is InChI=1S/C14H12ClNO/c1-16-14(10-5-3-2-4-6-10)12-9-11(15)7-8-13(12)17-16/h2-9,14H,1H3. The summed E-state index contributed by atoms with van der Waals surface area (Å²) in [6.45, 7) is 0. The molecule has 0 saturated heterocycles. The first kappa shape index (κ1) is 10.6. The molecule has 86 valence electrons. The van der Waals surface area contributed by atoms with E-state index in [0.29, 0.717) is 0 Å². The van der Waals surface area contributed by atoms with Gasteiger partial charge in [0.15, 0.2) is 5.75 Å². The first-order valence-corrected chi connectivity index (χ1v) is 5.89. The lowest BCUT2D eigenvalue weighted by atomic mass is 9.99. The van der Waals surface area contributed by atoms with E-state index in [1.54, 1.807) is 0 Å². The van der Waals surface area contributed by atoms with E-state index in [-0.39, 0.29) is 6.04 Å². The molecule has 1 aliphatic rings. The highest BCUT2D eigenvalue weighted by molar-refractivity contribution is 6.30. The zero-order valence-corrected chi connectivity index (χ0v) is 10.2. The van der Waals surface area contributed by atoms with Gasteiger partial charge in [-0.2, -0.15) is 0 Å². The first-order chi connectivity index (χ1) is 8.25. The molecule has 0 saturated carbocycles. The smallest absolute Gasteiger partial charge is 0.152 e. The highest BCUT2D eigenvalue weighted by atomic mass is 35.5. The van der Waals surface area contributed by atoms with Gasteiger partial charge in [0, 0.05) is 17.6 Å². The van der Waals surface area contributed by atoms with E-state index in [9.17, 15) is 0 Å². The lowest BCUT2D eigenvalue weighted by molar-refractivity contribution is -0.0314.